The molecule has 36 heavy (non-hydrogen) atoms. The molecule has 7 nitrogen and oxygen atoms in total. The van der Waals surface area contributed by atoms with Gasteiger partial charge in [-0.05, 0) is 48.7 Å². The Bertz CT molecular complexity index is 1210. The van der Waals surface area contributed by atoms with Crippen LogP contribution in [0.4, 0.5) is 0 Å². The number of nitrogens with zero attached hydrogens (tertiary/aromatic N) is 2. The van der Waals surface area contributed by atoms with E-state index in [0.29, 0.717) is 25.4 Å². The Labute approximate surface area is 213 Å². The maximum absolute atomic E-state index is 13.6. The van der Waals surface area contributed by atoms with Crippen LogP contribution >= 0.6 is 0 Å². The standard InChI is InChI=1S/C28H33N3O4S/c1-2-35-25-13-15-26(16-14-25)36(33,34)29-27(21-23-9-5-3-6-10-23)28(32)31-19-17-30(18-20-31)22-24-11-7-4-8-12-24/h3-16,27,29H,2,17-22H2,1H3/t27-/m0/s1. The van der Waals surface area contributed by atoms with Crippen molar-refractivity contribution in [3.05, 3.63) is 96.1 Å². The van der Waals surface area contributed by atoms with Crippen LogP contribution in [0, 0.1) is 0 Å². The zero-order valence-corrected chi connectivity index (χ0v) is 21.4. The van der Waals surface area contributed by atoms with Crippen LogP contribution in [0.25, 0.3) is 0 Å². The largest absolute Gasteiger partial charge is 0.494 e. The quantitative estimate of drug-likeness (QED) is 0.456. The molecule has 1 fully saturated rings. The molecule has 0 aliphatic carbocycles. The summed E-state index contributed by atoms with van der Waals surface area (Å²) in [6.07, 6.45) is 0.278. The molecule has 0 spiro atoms. The molecule has 3 aromatic rings. The van der Waals surface area contributed by atoms with Gasteiger partial charge in [0.05, 0.1) is 11.5 Å². The molecule has 1 heterocycles. The molecule has 1 saturated heterocycles. The average Bonchev–Trinajstić information content (AvgIpc) is 2.90. The highest BCUT2D eigenvalue weighted by molar-refractivity contribution is 7.89. The maximum Gasteiger partial charge on any atom is 0.241 e. The lowest BCUT2D eigenvalue weighted by Gasteiger charge is -2.36. The van der Waals surface area contributed by atoms with E-state index in [1.807, 2.05) is 55.5 Å². The summed E-state index contributed by atoms with van der Waals surface area (Å²) in [5, 5.41) is 0. The Morgan fingerprint density at radius 1 is 0.861 bits per heavy atom. The van der Waals surface area contributed by atoms with Crippen LogP contribution in [0.15, 0.2) is 89.8 Å². The summed E-state index contributed by atoms with van der Waals surface area (Å²) in [7, 11) is -3.91. The van der Waals surface area contributed by atoms with Gasteiger partial charge in [0.2, 0.25) is 15.9 Å². The molecular weight excluding hydrogens is 474 g/mol. The van der Waals surface area contributed by atoms with Crippen molar-refractivity contribution in [2.45, 2.75) is 30.8 Å². The van der Waals surface area contributed by atoms with Gasteiger partial charge in [-0.2, -0.15) is 4.72 Å². The van der Waals surface area contributed by atoms with Gasteiger partial charge in [-0.25, -0.2) is 8.42 Å². The fourth-order valence-corrected chi connectivity index (χ4v) is 5.54. The average molecular weight is 508 g/mol. The first kappa shape index (κ1) is 25.9. The minimum absolute atomic E-state index is 0.101. The number of ether oxygens (including phenoxy) is 1. The van der Waals surface area contributed by atoms with Crippen LogP contribution in [0.2, 0.25) is 0 Å². The summed E-state index contributed by atoms with van der Waals surface area (Å²) < 4.78 is 34.5. The summed E-state index contributed by atoms with van der Waals surface area (Å²) in [5.41, 5.74) is 2.13. The Morgan fingerprint density at radius 2 is 1.44 bits per heavy atom. The first-order valence-electron chi connectivity index (χ1n) is 12.3. The third kappa shape index (κ3) is 6.94. The monoisotopic (exact) mass is 507 g/mol. The number of carbonyl (C=O) groups is 1. The van der Waals surface area contributed by atoms with Crippen LogP contribution < -0.4 is 9.46 Å². The Morgan fingerprint density at radius 3 is 2.03 bits per heavy atom. The first-order chi connectivity index (χ1) is 17.4. The van der Waals surface area contributed by atoms with Gasteiger partial charge in [-0.15, -0.1) is 0 Å². The maximum atomic E-state index is 13.6. The van der Waals surface area contributed by atoms with E-state index < -0.39 is 16.1 Å². The third-order valence-electron chi connectivity index (χ3n) is 6.26. The van der Waals surface area contributed by atoms with Gasteiger partial charge in [0, 0.05) is 32.7 Å². The Hall–Kier alpha value is -3.20. The highest BCUT2D eigenvalue weighted by Gasteiger charge is 2.31. The van der Waals surface area contributed by atoms with Crippen LogP contribution in [0.3, 0.4) is 0 Å². The number of sulfonamides is 1. The molecule has 0 bridgehead atoms. The van der Waals surface area contributed by atoms with E-state index in [4.69, 9.17) is 4.74 Å². The minimum Gasteiger partial charge on any atom is -0.494 e. The van der Waals surface area contributed by atoms with Crippen molar-refractivity contribution >= 4 is 15.9 Å². The molecule has 8 heteroatoms. The smallest absolute Gasteiger partial charge is 0.241 e. The van der Waals surface area contributed by atoms with E-state index >= 15 is 0 Å². The second-order valence-electron chi connectivity index (χ2n) is 8.86. The molecule has 3 aromatic carbocycles. The zero-order valence-electron chi connectivity index (χ0n) is 20.5. The van der Waals surface area contributed by atoms with Crippen molar-refractivity contribution in [2.24, 2.45) is 0 Å². The second kappa shape index (κ2) is 12.2. The van der Waals surface area contributed by atoms with Gasteiger partial charge < -0.3 is 9.64 Å². The van der Waals surface area contributed by atoms with Gasteiger partial charge in [0.25, 0.3) is 0 Å². The van der Waals surface area contributed by atoms with E-state index in [9.17, 15) is 13.2 Å². The molecule has 0 aromatic heterocycles. The highest BCUT2D eigenvalue weighted by Crippen LogP contribution is 2.18. The topological polar surface area (TPSA) is 78.9 Å². The van der Waals surface area contributed by atoms with E-state index in [0.717, 1.165) is 25.2 Å². The number of amides is 1. The molecule has 4 rings (SSSR count). The van der Waals surface area contributed by atoms with Crippen molar-refractivity contribution in [1.82, 2.24) is 14.5 Å². The highest BCUT2D eigenvalue weighted by atomic mass is 32.2. The van der Waals surface area contributed by atoms with Crippen molar-refractivity contribution in [1.29, 1.82) is 0 Å². The number of piperazine rings is 1. The lowest BCUT2D eigenvalue weighted by molar-refractivity contribution is -0.134. The molecule has 0 unspecified atom stereocenters. The van der Waals surface area contributed by atoms with Crippen LogP contribution in [0.5, 0.6) is 5.75 Å². The molecule has 1 N–H and O–H groups in total. The predicted octanol–water partition coefficient (Wildman–Crippen LogP) is 3.32. The van der Waals surface area contributed by atoms with E-state index in [1.165, 1.54) is 17.7 Å². The molecular formula is C28H33N3O4S. The molecule has 0 radical (unpaired) electrons. The van der Waals surface area contributed by atoms with Crippen LogP contribution in [-0.2, 0) is 27.8 Å². The fraction of sp³-hybridized carbons (Fsp3) is 0.321. The number of nitrogens with one attached hydrogen (secondary N) is 1. The molecule has 1 aliphatic rings. The lowest BCUT2D eigenvalue weighted by atomic mass is 10.1. The molecule has 1 aliphatic heterocycles. The SMILES string of the molecule is CCOc1ccc(S(=O)(=O)N[C@@H](Cc2ccccc2)C(=O)N2CCN(Cc3ccccc3)CC2)cc1. The van der Waals surface area contributed by atoms with Gasteiger partial charge in [0.1, 0.15) is 11.8 Å². The third-order valence-corrected chi connectivity index (χ3v) is 7.74. The Balaban J connectivity index is 1.46. The molecule has 1 amide bonds. The summed E-state index contributed by atoms with van der Waals surface area (Å²) in [5.74, 6) is 0.398. The molecule has 0 saturated carbocycles. The van der Waals surface area contributed by atoms with Crippen LogP contribution in [-0.4, -0.2) is 63.0 Å². The lowest BCUT2D eigenvalue weighted by Crippen LogP contribution is -2.55. The predicted molar refractivity (Wildman–Crippen MR) is 140 cm³/mol. The van der Waals surface area contributed by atoms with E-state index in [2.05, 4.69) is 21.8 Å². The summed E-state index contributed by atoms with van der Waals surface area (Å²) in [6.45, 7) is 5.79. The second-order valence-corrected chi connectivity index (χ2v) is 10.6. The van der Waals surface area contributed by atoms with Crippen molar-refractivity contribution in [3.63, 3.8) is 0 Å². The number of hydrogen-bond donors (Lipinski definition) is 1. The van der Waals surface area contributed by atoms with Gasteiger partial charge in [-0.1, -0.05) is 60.7 Å². The zero-order chi connectivity index (χ0) is 25.4. The summed E-state index contributed by atoms with van der Waals surface area (Å²) in [4.78, 5) is 17.8. The van der Waals surface area contributed by atoms with Gasteiger partial charge in [-0.3, -0.25) is 9.69 Å². The van der Waals surface area contributed by atoms with Crippen molar-refractivity contribution < 1.29 is 17.9 Å². The summed E-state index contributed by atoms with van der Waals surface area (Å²) >= 11 is 0. The van der Waals surface area contributed by atoms with Crippen molar-refractivity contribution in [2.75, 3.05) is 32.8 Å². The van der Waals surface area contributed by atoms with Crippen molar-refractivity contribution in [3.8, 4) is 5.75 Å². The normalized spacial score (nSPS) is 15.4. The van der Waals surface area contributed by atoms with E-state index in [-0.39, 0.29) is 17.2 Å². The van der Waals surface area contributed by atoms with Gasteiger partial charge in [0.15, 0.2) is 0 Å². The fourth-order valence-electron chi connectivity index (χ4n) is 4.35. The minimum atomic E-state index is -3.91. The molecule has 190 valence electrons. The number of rotatable bonds is 10. The number of hydrogen-bond acceptors (Lipinski definition) is 5. The molecule has 1 atom stereocenters. The number of carbonyl (C=O) groups excluding carboxylic acids is 1. The summed E-state index contributed by atoms with van der Waals surface area (Å²) in [6, 6.07) is 25.1. The first-order valence-corrected chi connectivity index (χ1v) is 13.8. The van der Waals surface area contributed by atoms with Crippen LogP contribution in [0.1, 0.15) is 18.1 Å². The van der Waals surface area contributed by atoms with Gasteiger partial charge >= 0.3 is 0 Å². The number of benzene rings is 3. The Kier molecular flexibility index (Phi) is 8.74. The van der Waals surface area contributed by atoms with E-state index in [1.54, 1.807) is 17.0 Å².